The zero-order valence-electron chi connectivity index (χ0n) is 67.1. The average Bonchev–Trinajstić information content (AvgIpc) is 0.745. The summed E-state index contributed by atoms with van der Waals surface area (Å²) in [4.78, 5) is 53.0. The third-order valence-electron chi connectivity index (χ3n) is 20.3. The van der Waals surface area contributed by atoms with Gasteiger partial charge in [-0.2, -0.15) is 0 Å². The van der Waals surface area contributed by atoms with E-state index in [9.17, 15) is 106 Å². The summed E-state index contributed by atoms with van der Waals surface area (Å²) in [6.45, 7) is -4.67. The molecule has 34 heteroatoms. The predicted molar refractivity (Wildman–Crippen MR) is 378 cm³/mol. The van der Waals surface area contributed by atoms with Crippen LogP contribution in [0.2, 0.25) is 0 Å². The Morgan fingerprint density at radius 1 is 0.533 bits per heavy atom. The zero-order chi connectivity index (χ0) is 83.0. The predicted octanol–water partition coefficient (Wildman–Crippen LogP) is -1.04. The molecule has 28 atom stereocenters. The summed E-state index contributed by atoms with van der Waals surface area (Å²) in [5.41, 5.74) is 0. The number of aliphatic hydroxyl groups is 16. The van der Waals surface area contributed by atoms with Crippen molar-refractivity contribution < 1.29 is 160 Å². The fourth-order valence-electron chi connectivity index (χ4n) is 14.1. The first-order chi connectivity index (χ1) is 53.2. The van der Waals surface area contributed by atoms with Crippen LogP contribution in [0.1, 0.15) is 221 Å². The molecular formula is C73H131N3O31. The van der Waals surface area contributed by atoms with Crippen LogP contribution in [0, 0.1) is 0 Å². The molecule has 3 amide bonds. The number of hydrogen-bond donors (Lipinski definition) is 20. The summed E-state index contributed by atoms with van der Waals surface area (Å²) in [6, 6.07) is -4.87. The number of carbonyl (C=O) groups excluding carboxylic acids is 3. The molecule has 5 rings (SSSR count). The van der Waals surface area contributed by atoms with Crippen LogP contribution in [-0.2, 0) is 66.5 Å². The normalized spacial score (nSPS) is 35.5. The van der Waals surface area contributed by atoms with E-state index in [1.54, 1.807) is 6.08 Å². The Balaban J connectivity index is 1.36. The molecule has 0 aliphatic carbocycles. The molecule has 20 N–H and O–H groups in total. The molecule has 5 saturated heterocycles. The number of amides is 3. The van der Waals surface area contributed by atoms with Gasteiger partial charge in [-0.15, -0.1) is 0 Å². The van der Waals surface area contributed by atoms with Gasteiger partial charge >= 0.3 is 5.97 Å². The average molecular weight is 1550 g/mol. The first-order valence-electron chi connectivity index (χ1n) is 41.0. The van der Waals surface area contributed by atoms with Crippen molar-refractivity contribution in [2.75, 3.05) is 39.6 Å². The second kappa shape index (κ2) is 49.9. The summed E-state index contributed by atoms with van der Waals surface area (Å²) < 4.78 is 97.7. The Hall–Kier alpha value is -3.42. The molecule has 5 aliphatic rings. The summed E-state index contributed by atoms with van der Waals surface area (Å²) in [7, 11) is 0. The highest BCUT2D eigenvalue weighted by Crippen LogP contribution is 2.41. The molecule has 0 aromatic carbocycles. The van der Waals surface area contributed by atoms with Crippen molar-refractivity contribution in [3.63, 3.8) is 0 Å². The van der Waals surface area contributed by atoms with Crippen molar-refractivity contribution in [3.8, 4) is 0 Å². The molecule has 5 fully saturated rings. The minimum Gasteiger partial charge on any atom is -0.477 e. The lowest BCUT2D eigenvalue weighted by atomic mass is 9.88. The van der Waals surface area contributed by atoms with Gasteiger partial charge in [0.1, 0.15) is 116 Å². The maximum absolute atomic E-state index is 13.8. The highest BCUT2D eigenvalue weighted by Gasteiger charge is 2.62. The third-order valence-corrected chi connectivity index (χ3v) is 20.3. The van der Waals surface area contributed by atoms with Crippen LogP contribution in [0.25, 0.3) is 0 Å². The number of aliphatic hydroxyl groups excluding tert-OH is 16. The topological polar surface area (TPSA) is 541 Å². The first kappa shape index (κ1) is 86.0. The van der Waals surface area contributed by atoms with Gasteiger partial charge in [0.25, 0.3) is 5.79 Å². The van der Waals surface area contributed by atoms with Gasteiger partial charge in [-0.05, 0) is 19.3 Å². The van der Waals surface area contributed by atoms with Crippen LogP contribution in [0.4, 0.5) is 0 Å². The molecule has 34 nitrogen and oxygen atoms in total. The first-order valence-corrected chi connectivity index (χ1v) is 38.5. The number of unbranched alkanes of at least 4 members (excludes halogenated alkanes) is 23. The number of carboxylic acids is 1. The number of carboxylic acid groups (broad SMARTS) is 1. The lowest BCUT2D eigenvalue weighted by molar-refractivity contribution is -0.403. The van der Waals surface area contributed by atoms with Crippen molar-refractivity contribution in [1.82, 2.24) is 16.0 Å². The number of nitrogens with one attached hydrogen (secondary N) is 3. The van der Waals surface area contributed by atoms with Crippen LogP contribution in [0.3, 0.4) is 0 Å². The van der Waals surface area contributed by atoms with Crippen LogP contribution >= 0.6 is 0 Å². The van der Waals surface area contributed by atoms with Gasteiger partial charge in [0.05, 0.1) is 63.9 Å². The number of allylic oxidation sites excluding steroid dienone is 1. The molecule has 0 aromatic heterocycles. The summed E-state index contributed by atoms with van der Waals surface area (Å²) in [5, 5.41) is 197. The van der Waals surface area contributed by atoms with Crippen molar-refractivity contribution in [2.45, 2.75) is 385 Å². The molecule has 5 aliphatic heterocycles. The molecule has 0 unspecified atom stereocenters. The van der Waals surface area contributed by atoms with Crippen molar-refractivity contribution in [1.29, 1.82) is 0 Å². The molecule has 0 spiro atoms. The molecule has 0 bridgehead atoms. The Kier molecular flexibility index (Phi) is 40.1. The number of carbonyl (C=O) groups is 4. The highest BCUT2D eigenvalue weighted by molar-refractivity contribution is 5.77. The smallest absolute Gasteiger partial charge is 0.364 e. The highest BCUT2D eigenvalue weighted by atomic mass is 16.8. The molecule has 5 heterocycles. The number of aliphatic carboxylic acids is 1. The van der Waals surface area contributed by atoms with Crippen molar-refractivity contribution in [2.24, 2.45) is 0 Å². The van der Waals surface area contributed by atoms with E-state index >= 15 is 0 Å². The maximum atomic E-state index is 13.8. The van der Waals surface area contributed by atoms with Crippen molar-refractivity contribution >= 4 is 23.7 Å². The van der Waals surface area contributed by atoms with Gasteiger partial charge in [-0.3, -0.25) is 14.4 Å². The van der Waals surface area contributed by atoms with Gasteiger partial charge in [-0.25, -0.2) is 4.79 Å². The molecule has 624 valence electrons. The lowest BCUT2D eigenvalue weighted by Gasteiger charge is -2.52. The fourth-order valence-corrected chi connectivity index (χ4v) is 14.1. The van der Waals surface area contributed by atoms with Gasteiger partial charge in [0, 0.05) is 33.5 Å². The van der Waals surface area contributed by atoms with Crippen LogP contribution < -0.4 is 16.0 Å². The molecule has 0 radical (unpaired) electrons. The maximum Gasteiger partial charge on any atom is 0.364 e. The Morgan fingerprint density at radius 2 is 1.00 bits per heavy atom. The van der Waals surface area contributed by atoms with E-state index in [0.29, 0.717) is 19.3 Å². The molecular weight excluding hydrogens is 1410 g/mol. The minimum absolute atomic E-state index is 0.00761. The number of hydrogen-bond acceptors (Lipinski definition) is 30. The van der Waals surface area contributed by atoms with E-state index in [2.05, 4.69) is 22.9 Å². The van der Waals surface area contributed by atoms with E-state index in [1.165, 1.54) is 44.6 Å². The van der Waals surface area contributed by atoms with E-state index in [1.807, 2.05) is 0 Å². The third kappa shape index (κ3) is 29.2. The van der Waals surface area contributed by atoms with Gasteiger partial charge < -0.3 is 150 Å². The molecule has 0 aromatic rings. The minimum atomic E-state index is -3.40. The second-order valence-electron chi connectivity index (χ2n) is 28.8. The van der Waals surface area contributed by atoms with E-state index < -0.39 is 254 Å². The Bertz CT molecular complexity index is 2710. The van der Waals surface area contributed by atoms with E-state index in [-0.39, 0.29) is 12.8 Å². The van der Waals surface area contributed by atoms with Crippen LogP contribution in [0.15, 0.2) is 12.2 Å². The SMILES string of the molecule is [2H]C([2H])([2H])C([2H])([2H])CCCCCCCCCCCCCCCC(=O)N[C@@H](CO[C@@H]1O[C@H](CO)[C@@H](O[C@@H]2O[C@H](CO)[C@H](O[C@@H]3O[C@H](CO)[C@H](O)[C@H](O[C@@H]4O[C@H](CO)[C@H](O)[C@H](O)[C@H]4O)[C@H]3NC(C)=O)[C@H](O[C@]3(C(=O)O)C[C@H](O)[C@@H](NC(C)=O)[C@H]([C@H](O)[C@H](O)CO)O3)[C@H]2O)[C@H](O)[C@H]1O)[C@H](O)/C=C/CCCCCCCCCCCCC. The van der Waals surface area contributed by atoms with E-state index in [4.69, 9.17) is 54.2 Å². The Morgan fingerprint density at radius 3 is 1.54 bits per heavy atom. The van der Waals surface area contributed by atoms with Gasteiger partial charge in [-0.1, -0.05) is 180 Å². The van der Waals surface area contributed by atoms with Crippen LogP contribution in [-0.4, -0.2) is 321 Å². The molecule has 107 heavy (non-hydrogen) atoms. The van der Waals surface area contributed by atoms with Crippen molar-refractivity contribution in [3.05, 3.63) is 12.2 Å². The zero-order valence-corrected chi connectivity index (χ0v) is 62.1. The Labute approximate surface area is 634 Å². The fraction of sp³-hybridized carbons (Fsp3) is 0.918. The summed E-state index contributed by atoms with van der Waals surface area (Å²) in [5.74, 6) is -7.81. The van der Waals surface area contributed by atoms with Gasteiger partial charge in [0.2, 0.25) is 17.7 Å². The quantitative estimate of drug-likeness (QED) is 0.0255. The monoisotopic (exact) mass is 1550 g/mol. The van der Waals surface area contributed by atoms with E-state index in [0.717, 1.165) is 117 Å². The summed E-state index contributed by atoms with van der Waals surface area (Å²) >= 11 is 0. The largest absolute Gasteiger partial charge is 0.477 e. The summed E-state index contributed by atoms with van der Waals surface area (Å²) in [6.07, 6.45) is -25.3. The lowest BCUT2D eigenvalue weighted by Crippen LogP contribution is -2.72. The van der Waals surface area contributed by atoms with Gasteiger partial charge in [0.15, 0.2) is 25.2 Å². The number of rotatable bonds is 52. The standard InChI is InChI=1S/C73H131N3O31/c1-5-7-9-11-13-15-17-19-20-22-24-26-28-30-32-34-52(87)76-44(45(84)33-31-29-27-25-23-21-18-16-14-12-10-8-6-2)41-98-69-61(94)59(92)63(50(39-80)101-69)103-71-62(95)67(107-73(72(96)97)35-46(85)53(74-42(3)82)66(106-73)55(88)47(86)36-77)64(51(40-81)102-71)104-68-54(75-43(4)83)65(57(90)49(38-79)99-68)105-70-60(93)58(91)56(89)48(37-78)100-70/h31,33,44-51,53-71,77-81,84-86,88-95H,5-30,32,34-41H2,1-4H3,(H,74,82)(H,75,83)(H,76,87)(H,96,97)/b33-31+/t44-,45+,46-,47+,48+,49+,50+,51+,53+,54+,55+,56-,57-,58-,59+,60+,61+,62+,63+,64-,65+,66+,67+,68-,69+,70-,71-,73-/m0/s1/i1D3,5D2. The second-order valence-corrected chi connectivity index (χ2v) is 28.8. The molecule has 0 saturated carbocycles. The van der Waals surface area contributed by atoms with Crippen LogP contribution in [0.5, 0.6) is 0 Å². The number of ether oxygens (including phenoxy) is 10.